The summed E-state index contributed by atoms with van der Waals surface area (Å²) in [4.78, 5) is 0. The first-order valence-corrected chi connectivity index (χ1v) is 6.56. The molecular formula is C18H12N4. The van der Waals surface area contributed by atoms with Crippen LogP contribution in [0.1, 0.15) is 5.56 Å². The minimum Gasteiger partial charge on any atom is -0.345 e. The number of nitriles is 3. The molecule has 0 heterocycles. The van der Waals surface area contributed by atoms with Crippen molar-refractivity contribution in [1.29, 1.82) is 15.8 Å². The van der Waals surface area contributed by atoms with Crippen LogP contribution in [0.3, 0.4) is 0 Å². The van der Waals surface area contributed by atoms with E-state index in [0.717, 1.165) is 11.1 Å². The van der Waals surface area contributed by atoms with Gasteiger partial charge in [-0.2, -0.15) is 15.8 Å². The largest absolute Gasteiger partial charge is 0.345 e. The van der Waals surface area contributed by atoms with Crippen LogP contribution >= 0.6 is 0 Å². The van der Waals surface area contributed by atoms with Crippen LogP contribution in [0.4, 0.5) is 5.69 Å². The van der Waals surface area contributed by atoms with Crippen LogP contribution in [-0.2, 0) is 0 Å². The molecule has 0 amide bonds. The first-order valence-electron chi connectivity index (χ1n) is 6.56. The smallest absolute Gasteiger partial charge is 0.163 e. The third-order valence-electron chi connectivity index (χ3n) is 3.09. The topological polar surface area (TPSA) is 83.4 Å². The van der Waals surface area contributed by atoms with Gasteiger partial charge in [-0.1, -0.05) is 42.0 Å². The van der Waals surface area contributed by atoms with Crippen molar-refractivity contribution in [2.45, 2.75) is 6.92 Å². The summed E-state index contributed by atoms with van der Waals surface area (Å²) in [6, 6.07) is 20.8. The van der Waals surface area contributed by atoms with Crippen molar-refractivity contribution in [3.8, 4) is 29.3 Å². The summed E-state index contributed by atoms with van der Waals surface area (Å²) in [5, 5.41) is 29.4. The van der Waals surface area contributed by atoms with E-state index in [4.69, 9.17) is 15.8 Å². The minimum atomic E-state index is -0.231. The summed E-state index contributed by atoms with van der Waals surface area (Å²) in [6.07, 6.45) is 0. The van der Waals surface area contributed by atoms with E-state index in [-0.39, 0.29) is 11.3 Å². The van der Waals surface area contributed by atoms with Crippen LogP contribution in [0, 0.1) is 40.9 Å². The Morgan fingerprint density at radius 1 is 0.864 bits per heavy atom. The van der Waals surface area contributed by atoms with Gasteiger partial charge < -0.3 is 5.32 Å². The van der Waals surface area contributed by atoms with Gasteiger partial charge in [0.2, 0.25) is 0 Å². The molecule has 2 rings (SSSR count). The second-order valence-electron chi connectivity index (χ2n) is 4.66. The van der Waals surface area contributed by atoms with E-state index in [0.29, 0.717) is 5.69 Å². The number of rotatable bonds is 3. The lowest BCUT2D eigenvalue weighted by molar-refractivity contribution is 1.37. The number of benzene rings is 2. The van der Waals surface area contributed by atoms with Crippen molar-refractivity contribution >= 4 is 5.69 Å². The van der Waals surface area contributed by atoms with Crippen LogP contribution in [0.15, 0.2) is 59.8 Å². The van der Waals surface area contributed by atoms with Crippen molar-refractivity contribution in [2.24, 2.45) is 0 Å². The molecule has 0 radical (unpaired) electrons. The van der Waals surface area contributed by atoms with Crippen LogP contribution < -0.4 is 5.32 Å². The molecule has 0 aliphatic heterocycles. The minimum absolute atomic E-state index is 0.0479. The zero-order chi connectivity index (χ0) is 15.9. The van der Waals surface area contributed by atoms with Gasteiger partial charge in [0.05, 0.1) is 0 Å². The van der Waals surface area contributed by atoms with E-state index in [1.165, 1.54) is 5.56 Å². The molecule has 1 N–H and O–H groups in total. The van der Waals surface area contributed by atoms with Crippen molar-refractivity contribution in [2.75, 3.05) is 5.32 Å². The van der Waals surface area contributed by atoms with E-state index in [2.05, 4.69) is 11.4 Å². The molecule has 0 unspecified atom stereocenters. The second-order valence-corrected chi connectivity index (χ2v) is 4.66. The maximum Gasteiger partial charge on any atom is 0.163 e. The highest BCUT2D eigenvalue weighted by Gasteiger charge is 2.06. The zero-order valence-corrected chi connectivity index (χ0v) is 12.0. The molecule has 2 aromatic rings. The molecule has 0 aliphatic carbocycles. The molecule has 2 aromatic carbocycles. The average molecular weight is 284 g/mol. The molecule has 0 bridgehead atoms. The number of anilines is 1. The van der Waals surface area contributed by atoms with Gasteiger partial charge in [0, 0.05) is 5.69 Å². The van der Waals surface area contributed by atoms with Gasteiger partial charge in [-0.15, -0.1) is 0 Å². The number of hydrogen-bond donors (Lipinski definition) is 1. The summed E-state index contributed by atoms with van der Waals surface area (Å²) < 4.78 is 0. The molecule has 4 heteroatoms. The molecule has 0 atom stereocenters. The van der Waals surface area contributed by atoms with Gasteiger partial charge in [0.25, 0.3) is 0 Å². The third-order valence-corrected chi connectivity index (χ3v) is 3.09. The molecule has 4 nitrogen and oxygen atoms in total. The summed E-state index contributed by atoms with van der Waals surface area (Å²) in [5.41, 5.74) is 3.71. The Morgan fingerprint density at radius 3 is 2.09 bits per heavy atom. The van der Waals surface area contributed by atoms with Gasteiger partial charge in [-0.3, -0.25) is 0 Å². The lowest BCUT2D eigenvalue weighted by Crippen LogP contribution is -2.00. The van der Waals surface area contributed by atoms with Crippen molar-refractivity contribution < 1.29 is 0 Å². The fraction of sp³-hybridized carbons (Fsp3) is 0.0556. The first kappa shape index (κ1) is 14.9. The maximum absolute atomic E-state index is 9.01. The molecular weight excluding hydrogens is 272 g/mol. The molecule has 0 fully saturated rings. The summed E-state index contributed by atoms with van der Waals surface area (Å²) in [5.74, 6) is 0. The van der Waals surface area contributed by atoms with Gasteiger partial charge >= 0.3 is 0 Å². The molecule has 0 saturated carbocycles. The fourth-order valence-electron chi connectivity index (χ4n) is 2.00. The normalized spacial score (nSPS) is 9.00. The molecule has 0 spiro atoms. The summed E-state index contributed by atoms with van der Waals surface area (Å²) in [7, 11) is 0. The Kier molecular flexibility index (Phi) is 4.56. The Hall–Kier alpha value is -3.55. The predicted octanol–water partition coefficient (Wildman–Crippen LogP) is 3.90. The Bertz CT molecular complexity index is 824. The van der Waals surface area contributed by atoms with Crippen LogP contribution in [0.2, 0.25) is 0 Å². The summed E-state index contributed by atoms with van der Waals surface area (Å²) >= 11 is 0. The summed E-state index contributed by atoms with van der Waals surface area (Å²) in [6.45, 7) is 2.04. The van der Waals surface area contributed by atoms with E-state index < -0.39 is 0 Å². The Balaban J connectivity index is 2.28. The Labute approximate surface area is 129 Å². The number of hydrogen-bond acceptors (Lipinski definition) is 4. The third kappa shape index (κ3) is 3.31. The van der Waals surface area contributed by atoms with Crippen LogP contribution in [-0.4, -0.2) is 0 Å². The standard InChI is InChI=1S/C18H12N4/c1-13-3-2-4-15(9-13)14-5-7-17(8-6-14)22-18(12-21)16(10-19)11-20/h2-9,22H,1H3. The highest BCUT2D eigenvalue weighted by atomic mass is 14.9. The predicted molar refractivity (Wildman–Crippen MR) is 84.1 cm³/mol. The highest BCUT2D eigenvalue weighted by molar-refractivity contribution is 5.68. The number of aryl methyl sites for hydroxylation is 1. The lowest BCUT2D eigenvalue weighted by atomic mass is 10.0. The number of allylic oxidation sites excluding steroid dienone is 2. The fourth-order valence-corrected chi connectivity index (χ4v) is 2.00. The lowest BCUT2D eigenvalue weighted by Gasteiger charge is -2.07. The molecule has 0 saturated heterocycles. The van der Waals surface area contributed by atoms with E-state index in [1.54, 1.807) is 24.3 Å². The zero-order valence-electron chi connectivity index (χ0n) is 12.0. The van der Waals surface area contributed by atoms with Crippen molar-refractivity contribution in [3.63, 3.8) is 0 Å². The highest BCUT2D eigenvalue weighted by Crippen LogP contribution is 2.23. The van der Waals surface area contributed by atoms with E-state index in [1.807, 2.05) is 43.3 Å². The average Bonchev–Trinajstić information content (AvgIpc) is 2.55. The number of nitrogens with zero attached hydrogens (tertiary/aromatic N) is 3. The maximum atomic E-state index is 9.01. The molecule has 104 valence electrons. The van der Waals surface area contributed by atoms with Crippen LogP contribution in [0.25, 0.3) is 11.1 Å². The number of nitrogens with one attached hydrogen (secondary N) is 1. The SMILES string of the molecule is Cc1cccc(-c2ccc(NC(C#N)=C(C#N)C#N)cc2)c1. The van der Waals surface area contributed by atoms with E-state index >= 15 is 0 Å². The van der Waals surface area contributed by atoms with E-state index in [9.17, 15) is 0 Å². The van der Waals surface area contributed by atoms with Gasteiger partial charge in [0.15, 0.2) is 5.57 Å². The monoisotopic (exact) mass is 284 g/mol. The second kappa shape index (κ2) is 6.75. The van der Waals surface area contributed by atoms with Gasteiger partial charge in [-0.25, -0.2) is 0 Å². The van der Waals surface area contributed by atoms with Crippen molar-refractivity contribution in [3.05, 3.63) is 65.4 Å². The molecule has 0 aromatic heterocycles. The quantitative estimate of drug-likeness (QED) is 0.866. The van der Waals surface area contributed by atoms with Gasteiger partial charge in [-0.05, 0) is 30.2 Å². The first-order chi connectivity index (χ1) is 10.7. The van der Waals surface area contributed by atoms with Crippen molar-refractivity contribution in [1.82, 2.24) is 0 Å². The van der Waals surface area contributed by atoms with Gasteiger partial charge in [0.1, 0.15) is 23.9 Å². The molecule has 22 heavy (non-hydrogen) atoms. The molecule has 0 aliphatic rings. The van der Waals surface area contributed by atoms with Crippen LogP contribution in [0.5, 0.6) is 0 Å². The Morgan fingerprint density at radius 2 is 1.55 bits per heavy atom.